The van der Waals surface area contributed by atoms with Crippen molar-refractivity contribution in [2.45, 2.75) is 25.3 Å². The van der Waals surface area contributed by atoms with Crippen LogP contribution in [0, 0.1) is 11.6 Å². The number of nitrogens with zero attached hydrogens (tertiary/aromatic N) is 2. The predicted octanol–water partition coefficient (Wildman–Crippen LogP) is 3.40. The maximum atomic E-state index is 14.0. The van der Waals surface area contributed by atoms with Crippen LogP contribution in [0.15, 0.2) is 59.4 Å². The van der Waals surface area contributed by atoms with Crippen molar-refractivity contribution >= 4 is 23.4 Å². The number of benzene rings is 2. The Morgan fingerprint density at radius 2 is 1.97 bits per heavy atom. The maximum absolute atomic E-state index is 14.0. The van der Waals surface area contributed by atoms with Crippen LogP contribution in [0.3, 0.4) is 0 Å². The van der Waals surface area contributed by atoms with Crippen LogP contribution >= 0.6 is 0 Å². The van der Waals surface area contributed by atoms with E-state index in [1.165, 1.54) is 25.9 Å². The van der Waals surface area contributed by atoms with Gasteiger partial charge in [-0.1, -0.05) is 30.3 Å². The average Bonchev–Trinajstić information content (AvgIpc) is 2.75. The van der Waals surface area contributed by atoms with Crippen LogP contribution in [0.2, 0.25) is 0 Å². The van der Waals surface area contributed by atoms with Crippen molar-refractivity contribution in [1.82, 2.24) is 4.90 Å². The van der Waals surface area contributed by atoms with Crippen LogP contribution < -0.4 is 5.32 Å². The van der Waals surface area contributed by atoms with Gasteiger partial charge in [-0.25, -0.2) is 8.78 Å². The summed E-state index contributed by atoms with van der Waals surface area (Å²) in [5.41, 5.74) is -1.17. The first-order valence-electron chi connectivity index (χ1n) is 9.37. The maximum Gasteiger partial charge on any atom is 0.249 e. The summed E-state index contributed by atoms with van der Waals surface area (Å²) in [4.78, 5) is 32.2. The van der Waals surface area contributed by atoms with Gasteiger partial charge in [0.1, 0.15) is 30.2 Å². The number of amides is 2. The van der Waals surface area contributed by atoms with Crippen molar-refractivity contribution in [3.8, 4) is 0 Å². The number of halogens is 2. The van der Waals surface area contributed by atoms with Gasteiger partial charge in [0.15, 0.2) is 12.5 Å². The first-order chi connectivity index (χ1) is 14.8. The molecule has 162 valence electrons. The summed E-state index contributed by atoms with van der Waals surface area (Å²) >= 11 is 0. The summed E-state index contributed by atoms with van der Waals surface area (Å²) in [6.07, 6.45) is 0. The Morgan fingerprint density at radius 3 is 2.65 bits per heavy atom. The van der Waals surface area contributed by atoms with E-state index in [-0.39, 0.29) is 18.2 Å². The molecule has 1 fully saturated rings. The van der Waals surface area contributed by atoms with Crippen LogP contribution in [-0.4, -0.2) is 42.0 Å². The van der Waals surface area contributed by atoms with Crippen molar-refractivity contribution in [1.29, 1.82) is 0 Å². The number of carbonyl (C=O) groups is 2. The van der Waals surface area contributed by atoms with Gasteiger partial charge in [-0.3, -0.25) is 14.5 Å². The number of nitrogens with one attached hydrogen (secondary N) is 1. The van der Waals surface area contributed by atoms with E-state index < -0.39 is 34.9 Å². The van der Waals surface area contributed by atoms with E-state index in [1.807, 2.05) is 0 Å². The number of hydrogen-bond acceptors (Lipinski definition) is 5. The van der Waals surface area contributed by atoms with Gasteiger partial charge < -0.3 is 14.9 Å². The molecule has 0 aromatic heterocycles. The molecule has 1 saturated heterocycles. The molecular weight excluding hydrogens is 408 g/mol. The lowest BCUT2D eigenvalue weighted by molar-refractivity contribution is -0.156. The summed E-state index contributed by atoms with van der Waals surface area (Å²) in [6, 6.07) is 11.5. The number of anilines is 1. The third kappa shape index (κ3) is 4.57. The van der Waals surface area contributed by atoms with Gasteiger partial charge in [-0.2, -0.15) is 0 Å². The van der Waals surface area contributed by atoms with Crippen molar-refractivity contribution in [2.75, 3.05) is 19.2 Å². The SMILES string of the molecule is CON=C=C1OCN(C(C)(C)C(=O)Nc2cc(F)ccc2F)C(=O)C1c1ccccc1. The Labute approximate surface area is 177 Å². The summed E-state index contributed by atoms with van der Waals surface area (Å²) < 4.78 is 33.1. The van der Waals surface area contributed by atoms with Crippen LogP contribution in [-0.2, 0) is 19.2 Å². The van der Waals surface area contributed by atoms with E-state index in [9.17, 15) is 18.4 Å². The van der Waals surface area contributed by atoms with E-state index in [0.29, 0.717) is 5.56 Å². The lowest BCUT2D eigenvalue weighted by Crippen LogP contribution is -2.59. The highest BCUT2D eigenvalue weighted by Crippen LogP contribution is 2.34. The van der Waals surface area contributed by atoms with E-state index in [1.54, 1.807) is 30.3 Å². The molecule has 0 aliphatic carbocycles. The van der Waals surface area contributed by atoms with Gasteiger partial charge in [0.2, 0.25) is 11.8 Å². The fourth-order valence-corrected chi connectivity index (χ4v) is 3.10. The zero-order valence-electron chi connectivity index (χ0n) is 17.2. The minimum atomic E-state index is -1.45. The van der Waals surface area contributed by atoms with Gasteiger partial charge in [-0.05, 0) is 36.7 Å². The van der Waals surface area contributed by atoms with Crippen LogP contribution in [0.25, 0.3) is 0 Å². The first kappa shape index (κ1) is 22.0. The number of ether oxygens (including phenoxy) is 1. The highest BCUT2D eigenvalue weighted by Gasteiger charge is 2.46. The van der Waals surface area contributed by atoms with Crippen LogP contribution in [0.5, 0.6) is 0 Å². The van der Waals surface area contributed by atoms with Crippen LogP contribution in [0.4, 0.5) is 14.5 Å². The fraction of sp³-hybridized carbons (Fsp3) is 0.273. The molecule has 1 atom stereocenters. The number of hydrogen-bond donors (Lipinski definition) is 1. The molecule has 31 heavy (non-hydrogen) atoms. The second kappa shape index (κ2) is 8.97. The molecule has 2 aromatic carbocycles. The molecule has 3 rings (SSSR count). The third-order valence-electron chi connectivity index (χ3n) is 4.91. The normalized spacial score (nSPS) is 16.3. The zero-order valence-corrected chi connectivity index (χ0v) is 17.2. The van der Waals surface area contributed by atoms with Crippen molar-refractivity contribution < 1.29 is 27.9 Å². The van der Waals surface area contributed by atoms with Gasteiger partial charge in [0.25, 0.3) is 0 Å². The summed E-state index contributed by atoms with van der Waals surface area (Å²) in [5.74, 6) is -0.857. The lowest BCUT2D eigenvalue weighted by atomic mass is 9.91. The molecule has 1 aliphatic rings. The first-order valence-corrected chi connectivity index (χ1v) is 9.37. The predicted molar refractivity (Wildman–Crippen MR) is 109 cm³/mol. The Balaban J connectivity index is 1.92. The molecule has 1 unspecified atom stereocenters. The number of carbonyl (C=O) groups excluding carboxylic acids is 2. The monoisotopic (exact) mass is 429 g/mol. The van der Waals surface area contributed by atoms with Crippen molar-refractivity contribution in [2.24, 2.45) is 5.16 Å². The van der Waals surface area contributed by atoms with E-state index >= 15 is 0 Å². The molecule has 0 bridgehead atoms. The fourth-order valence-electron chi connectivity index (χ4n) is 3.10. The number of rotatable bonds is 5. The van der Waals surface area contributed by atoms with Crippen molar-refractivity contribution in [3.63, 3.8) is 0 Å². The van der Waals surface area contributed by atoms with Crippen LogP contribution in [0.1, 0.15) is 25.3 Å². The van der Waals surface area contributed by atoms with Gasteiger partial charge in [-0.15, -0.1) is 0 Å². The van der Waals surface area contributed by atoms with E-state index in [2.05, 4.69) is 21.2 Å². The summed E-state index contributed by atoms with van der Waals surface area (Å²) in [5, 5.41) is 5.91. The average molecular weight is 429 g/mol. The minimum absolute atomic E-state index is 0.140. The Hall–Kier alpha value is -3.71. The van der Waals surface area contributed by atoms with Gasteiger partial charge in [0.05, 0.1) is 11.6 Å². The molecule has 7 nitrogen and oxygen atoms in total. The van der Waals surface area contributed by atoms with Gasteiger partial charge >= 0.3 is 0 Å². The standard InChI is InChI=1S/C22H21F2N3O4/c1-22(2,21(29)26-17-11-15(23)9-10-16(17)24)27-13-31-18(12-25-30-3)19(20(27)28)14-7-5-4-6-8-14/h4-11,19H,13H2,1-3H3,(H,26,29). The van der Waals surface area contributed by atoms with E-state index in [0.717, 1.165) is 18.2 Å². The Bertz CT molecular complexity index is 1050. The lowest BCUT2D eigenvalue weighted by Gasteiger charge is -2.42. The molecule has 9 heteroatoms. The molecular formula is C22H21F2N3O4. The second-order valence-corrected chi connectivity index (χ2v) is 7.27. The highest BCUT2D eigenvalue weighted by atomic mass is 19.1. The third-order valence-corrected chi connectivity index (χ3v) is 4.91. The molecule has 0 spiro atoms. The van der Waals surface area contributed by atoms with Crippen molar-refractivity contribution in [3.05, 3.63) is 71.5 Å². The molecule has 1 heterocycles. The molecule has 2 amide bonds. The smallest absolute Gasteiger partial charge is 0.249 e. The Kier molecular flexibility index (Phi) is 6.36. The van der Waals surface area contributed by atoms with E-state index in [4.69, 9.17) is 4.74 Å². The zero-order chi connectivity index (χ0) is 22.6. The molecule has 1 N–H and O–H groups in total. The molecule has 2 aromatic rings. The largest absolute Gasteiger partial charge is 0.466 e. The quantitative estimate of drug-likeness (QED) is 0.584. The highest BCUT2D eigenvalue weighted by molar-refractivity contribution is 6.01. The topological polar surface area (TPSA) is 80.2 Å². The van der Waals surface area contributed by atoms with Gasteiger partial charge in [0, 0.05) is 6.07 Å². The second-order valence-electron chi connectivity index (χ2n) is 7.27. The molecule has 0 radical (unpaired) electrons. The Morgan fingerprint density at radius 1 is 1.26 bits per heavy atom. The summed E-state index contributed by atoms with van der Waals surface area (Å²) in [6.45, 7) is 2.71. The molecule has 1 aliphatic heterocycles. The minimum Gasteiger partial charge on any atom is -0.466 e. The summed E-state index contributed by atoms with van der Waals surface area (Å²) in [7, 11) is 1.33. The molecule has 0 saturated carbocycles.